The van der Waals surface area contributed by atoms with Crippen LogP contribution in [0.2, 0.25) is 0 Å². The van der Waals surface area contributed by atoms with E-state index >= 15 is 0 Å². The van der Waals surface area contributed by atoms with Gasteiger partial charge in [0.05, 0.1) is 18.1 Å². The summed E-state index contributed by atoms with van der Waals surface area (Å²) in [4.78, 5) is 11.1. The second-order valence-electron chi connectivity index (χ2n) is 7.83. The molecule has 1 heterocycles. The molecule has 1 aliphatic heterocycles. The van der Waals surface area contributed by atoms with Crippen molar-refractivity contribution in [1.29, 1.82) is 0 Å². The third kappa shape index (κ3) is 3.03. The predicted molar refractivity (Wildman–Crippen MR) is 118 cm³/mol. The molecular formula is C25H22N2O3. The zero-order chi connectivity index (χ0) is 20.7. The van der Waals surface area contributed by atoms with Crippen molar-refractivity contribution in [2.45, 2.75) is 18.4 Å². The van der Waals surface area contributed by atoms with Gasteiger partial charge in [-0.1, -0.05) is 54.6 Å². The number of rotatable bonds is 4. The van der Waals surface area contributed by atoms with Gasteiger partial charge < -0.3 is 10.1 Å². The van der Waals surface area contributed by atoms with Crippen molar-refractivity contribution in [3.8, 4) is 16.9 Å². The lowest BCUT2D eigenvalue weighted by atomic mass is 9.76. The third-order valence-electron chi connectivity index (χ3n) is 6.23. The van der Waals surface area contributed by atoms with Gasteiger partial charge in [-0.05, 0) is 52.8 Å². The second-order valence-corrected chi connectivity index (χ2v) is 7.83. The van der Waals surface area contributed by atoms with Gasteiger partial charge in [0, 0.05) is 17.7 Å². The maximum absolute atomic E-state index is 11.5. The van der Waals surface area contributed by atoms with Crippen LogP contribution in [-0.2, 0) is 0 Å². The number of methoxy groups -OCH3 is 1. The van der Waals surface area contributed by atoms with Gasteiger partial charge >= 0.3 is 5.69 Å². The number of ether oxygens (including phenoxy) is 1. The van der Waals surface area contributed by atoms with Crippen molar-refractivity contribution in [3.05, 3.63) is 100 Å². The van der Waals surface area contributed by atoms with Crippen LogP contribution in [0, 0.1) is 16.0 Å². The van der Waals surface area contributed by atoms with Crippen molar-refractivity contribution in [2.75, 3.05) is 12.4 Å². The van der Waals surface area contributed by atoms with Crippen molar-refractivity contribution in [2.24, 2.45) is 5.92 Å². The van der Waals surface area contributed by atoms with E-state index in [9.17, 15) is 10.1 Å². The summed E-state index contributed by atoms with van der Waals surface area (Å²) < 4.78 is 5.17. The molecule has 0 fully saturated rings. The number of allylic oxidation sites excluding steroid dienone is 2. The molecule has 2 aliphatic rings. The SMILES string of the molecule is COc1ccc([C@@H]2Nc3ccc(-c4ccccc4)cc3[C@H]3C=CC[C@@H]32)cc1[N+](=O)[O-]. The number of nitro groups is 1. The molecule has 150 valence electrons. The van der Waals surface area contributed by atoms with Gasteiger partial charge in [-0.15, -0.1) is 0 Å². The van der Waals surface area contributed by atoms with Crippen LogP contribution in [0.3, 0.4) is 0 Å². The molecule has 0 radical (unpaired) electrons. The van der Waals surface area contributed by atoms with Gasteiger partial charge in [-0.2, -0.15) is 0 Å². The van der Waals surface area contributed by atoms with Gasteiger partial charge in [-0.3, -0.25) is 10.1 Å². The molecule has 0 unspecified atom stereocenters. The quantitative estimate of drug-likeness (QED) is 0.328. The normalized spacial score (nSPS) is 21.4. The molecule has 0 amide bonds. The average molecular weight is 398 g/mol. The van der Waals surface area contributed by atoms with Crippen LogP contribution in [0.15, 0.2) is 78.9 Å². The topological polar surface area (TPSA) is 64.4 Å². The lowest BCUT2D eigenvalue weighted by Gasteiger charge is -2.37. The molecule has 0 spiro atoms. The van der Waals surface area contributed by atoms with E-state index < -0.39 is 0 Å². The summed E-state index contributed by atoms with van der Waals surface area (Å²) in [6.45, 7) is 0. The summed E-state index contributed by atoms with van der Waals surface area (Å²) >= 11 is 0. The summed E-state index contributed by atoms with van der Waals surface area (Å²) in [5.74, 6) is 0.890. The number of benzene rings is 3. The Morgan fingerprint density at radius 1 is 1.03 bits per heavy atom. The van der Waals surface area contributed by atoms with E-state index in [1.165, 1.54) is 23.8 Å². The monoisotopic (exact) mass is 398 g/mol. The number of hydrogen-bond donors (Lipinski definition) is 1. The largest absolute Gasteiger partial charge is 0.490 e. The number of fused-ring (bicyclic) bond motifs is 3. The first-order valence-electron chi connectivity index (χ1n) is 10.1. The van der Waals surface area contributed by atoms with E-state index in [0.717, 1.165) is 17.7 Å². The highest BCUT2D eigenvalue weighted by Gasteiger charge is 2.38. The van der Waals surface area contributed by atoms with E-state index in [1.54, 1.807) is 12.1 Å². The number of nitrogens with one attached hydrogen (secondary N) is 1. The zero-order valence-electron chi connectivity index (χ0n) is 16.6. The highest BCUT2D eigenvalue weighted by Crippen LogP contribution is 2.51. The third-order valence-corrected chi connectivity index (χ3v) is 6.23. The molecule has 3 aromatic rings. The number of anilines is 1. The van der Waals surface area contributed by atoms with E-state index in [4.69, 9.17) is 4.74 Å². The van der Waals surface area contributed by atoms with Gasteiger partial charge in [0.2, 0.25) is 0 Å². The van der Waals surface area contributed by atoms with Crippen molar-refractivity contribution < 1.29 is 9.66 Å². The Labute approximate surface area is 175 Å². The molecule has 1 N–H and O–H groups in total. The van der Waals surface area contributed by atoms with Crippen LogP contribution in [0.1, 0.15) is 29.5 Å². The maximum Gasteiger partial charge on any atom is 0.311 e. The Balaban J connectivity index is 1.55. The summed E-state index contributed by atoms with van der Waals surface area (Å²) in [6.07, 6.45) is 5.45. The average Bonchev–Trinajstić information content (AvgIpc) is 3.28. The standard InChI is InChI=1S/C25H22N2O3/c1-30-24-13-11-18(15-23(24)27(28)29)25-20-9-5-8-19(20)21-14-17(10-12-22(21)26-25)16-6-3-2-4-7-16/h2-8,10-15,19-20,25-26H,9H2,1H3/t19-,20-,25-/m0/s1. The first-order chi connectivity index (χ1) is 14.7. The molecule has 0 saturated heterocycles. The van der Waals surface area contributed by atoms with Gasteiger partial charge in [0.1, 0.15) is 0 Å². The minimum absolute atomic E-state index is 0.00419. The highest BCUT2D eigenvalue weighted by molar-refractivity contribution is 5.71. The smallest absolute Gasteiger partial charge is 0.311 e. The molecule has 3 aromatic carbocycles. The fourth-order valence-electron chi connectivity index (χ4n) is 4.78. The Morgan fingerprint density at radius 2 is 1.87 bits per heavy atom. The minimum atomic E-state index is -0.379. The lowest BCUT2D eigenvalue weighted by Crippen LogP contribution is -2.29. The summed E-state index contributed by atoms with van der Waals surface area (Å²) in [5, 5.41) is 15.2. The van der Waals surface area contributed by atoms with Gasteiger partial charge in [0.25, 0.3) is 0 Å². The van der Waals surface area contributed by atoms with E-state index in [2.05, 4.69) is 59.9 Å². The first kappa shape index (κ1) is 18.4. The molecule has 0 aromatic heterocycles. The van der Waals surface area contributed by atoms with Crippen LogP contribution in [0.5, 0.6) is 5.75 Å². The van der Waals surface area contributed by atoms with E-state index in [0.29, 0.717) is 5.92 Å². The van der Waals surface area contributed by atoms with Crippen molar-refractivity contribution in [1.82, 2.24) is 0 Å². The second kappa shape index (κ2) is 7.34. The van der Waals surface area contributed by atoms with Crippen LogP contribution < -0.4 is 10.1 Å². The molecule has 5 heteroatoms. The number of nitrogens with zero attached hydrogens (tertiary/aromatic N) is 1. The van der Waals surface area contributed by atoms with Gasteiger partial charge in [-0.25, -0.2) is 0 Å². The molecule has 0 bridgehead atoms. The fraction of sp³-hybridized carbons (Fsp3) is 0.200. The summed E-state index contributed by atoms with van der Waals surface area (Å²) in [7, 11) is 1.46. The molecule has 30 heavy (non-hydrogen) atoms. The van der Waals surface area contributed by atoms with Crippen LogP contribution >= 0.6 is 0 Å². The summed E-state index contributed by atoms with van der Waals surface area (Å²) in [6, 6.07) is 22.2. The number of hydrogen-bond acceptors (Lipinski definition) is 4. The molecule has 3 atom stereocenters. The Hall–Kier alpha value is -3.60. The van der Waals surface area contributed by atoms with Crippen molar-refractivity contribution in [3.63, 3.8) is 0 Å². The van der Waals surface area contributed by atoms with Gasteiger partial charge in [0.15, 0.2) is 5.75 Å². The molecule has 5 rings (SSSR count). The maximum atomic E-state index is 11.5. The van der Waals surface area contributed by atoms with Crippen LogP contribution in [-0.4, -0.2) is 12.0 Å². The van der Waals surface area contributed by atoms with E-state index in [1.807, 2.05) is 12.1 Å². The summed E-state index contributed by atoms with van der Waals surface area (Å²) in [5.41, 5.74) is 5.70. The highest BCUT2D eigenvalue weighted by atomic mass is 16.6. The Kier molecular flexibility index (Phi) is 4.51. The minimum Gasteiger partial charge on any atom is -0.490 e. The molecule has 5 nitrogen and oxygen atoms in total. The van der Waals surface area contributed by atoms with Crippen molar-refractivity contribution >= 4 is 11.4 Å². The van der Waals surface area contributed by atoms with E-state index in [-0.39, 0.29) is 28.3 Å². The molecular weight excluding hydrogens is 376 g/mol. The molecule has 0 saturated carbocycles. The van der Waals surface area contributed by atoms with Crippen LogP contribution in [0.4, 0.5) is 11.4 Å². The fourth-order valence-corrected chi connectivity index (χ4v) is 4.78. The first-order valence-corrected chi connectivity index (χ1v) is 10.1. The molecule has 1 aliphatic carbocycles. The predicted octanol–water partition coefficient (Wildman–Crippen LogP) is 6.10. The Morgan fingerprint density at radius 3 is 2.63 bits per heavy atom. The zero-order valence-corrected chi connectivity index (χ0v) is 16.6. The Bertz CT molecular complexity index is 1140. The van der Waals surface area contributed by atoms with Crippen LogP contribution in [0.25, 0.3) is 11.1 Å². The number of nitro benzene ring substituents is 1. The lowest BCUT2D eigenvalue weighted by molar-refractivity contribution is -0.385.